The second-order valence-electron chi connectivity index (χ2n) is 21.7. The molecule has 1 atom stereocenters. The first-order chi connectivity index (χ1) is 41.7. The first kappa shape index (κ1) is 66.4. The Morgan fingerprint density at radius 2 is 1.20 bits per heavy atom. The van der Waals surface area contributed by atoms with Crippen LogP contribution in [0.3, 0.4) is 0 Å². The van der Waals surface area contributed by atoms with Crippen LogP contribution >= 0.6 is 0 Å². The van der Waals surface area contributed by atoms with Crippen LogP contribution in [0.25, 0.3) is 22.3 Å². The fourth-order valence-electron chi connectivity index (χ4n) is 11.0. The van der Waals surface area contributed by atoms with E-state index >= 15 is 0 Å². The van der Waals surface area contributed by atoms with Crippen molar-refractivity contribution in [2.45, 2.75) is 109 Å². The Labute approximate surface area is 500 Å². The molecular weight excluding hydrogens is 1140 g/mol. The van der Waals surface area contributed by atoms with Crippen molar-refractivity contribution in [1.29, 1.82) is 0 Å². The molecule has 6 heterocycles. The molecule has 87 heavy (non-hydrogen) atoms. The number of carbonyl (C=O) groups excluding carboxylic acids is 7. The van der Waals surface area contributed by atoms with Crippen LogP contribution in [0.1, 0.15) is 100 Å². The number of fused-ring (bicyclic) bond motifs is 5. The normalized spacial score (nSPS) is 16.6. The van der Waals surface area contributed by atoms with E-state index in [9.17, 15) is 52.7 Å². The number of aromatic nitrogens is 2. The van der Waals surface area contributed by atoms with Gasteiger partial charge in [-0.2, -0.15) is 0 Å². The van der Waals surface area contributed by atoms with Crippen molar-refractivity contribution in [3.63, 3.8) is 0 Å². The Bertz CT molecular complexity index is 3010. The van der Waals surface area contributed by atoms with Crippen molar-refractivity contribution in [2.75, 3.05) is 105 Å². The molecule has 0 unspecified atom stereocenters. The summed E-state index contributed by atoms with van der Waals surface area (Å²) in [6.45, 7) is 2.03. The SMILES string of the molecule is CCc1c2c(nc3ccc(OC(=O)N4CCC(N5CCCCC5)CC4)cc13)-c1cc3c(c(=O)n1C2)COC(=O)[C@@]3(CC)OC(=O)CNC(=O)CCOCC(COCCC(=O)NCC(=O)O)(COCCC(=O)NCC(=O)O)COCCC(=O)NCC(=O)O. The van der Waals surface area contributed by atoms with Crippen LogP contribution in [0.5, 0.6) is 5.75 Å². The van der Waals surface area contributed by atoms with Crippen molar-refractivity contribution in [3.05, 3.63) is 56.9 Å². The Balaban J connectivity index is 0.989. The van der Waals surface area contributed by atoms with Crippen molar-refractivity contribution in [1.82, 2.24) is 40.6 Å². The molecule has 4 aliphatic rings. The lowest BCUT2D eigenvalue weighted by Crippen LogP contribution is -2.48. The van der Waals surface area contributed by atoms with Crippen molar-refractivity contribution >= 4 is 70.5 Å². The molecule has 5 amide bonds. The first-order valence-electron chi connectivity index (χ1n) is 29.1. The monoisotopic (exact) mass is 1220 g/mol. The number of benzene rings is 1. The zero-order chi connectivity index (χ0) is 62.7. The van der Waals surface area contributed by atoms with E-state index in [1.54, 1.807) is 36.1 Å². The molecule has 0 aliphatic carbocycles. The van der Waals surface area contributed by atoms with Gasteiger partial charge in [0.25, 0.3) is 5.56 Å². The van der Waals surface area contributed by atoms with Crippen molar-refractivity contribution in [3.8, 4) is 17.1 Å². The van der Waals surface area contributed by atoms with Gasteiger partial charge in [-0.25, -0.2) is 14.6 Å². The van der Waals surface area contributed by atoms with Crippen LogP contribution in [0.15, 0.2) is 29.1 Å². The number of aryl methyl sites for hydroxylation is 1. The van der Waals surface area contributed by atoms with Gasteiger partial charge in [0.2, 0.25) is 29.2 Å². The lowest BCUT2D eigenvalue weighted by molar-refractivity contribution is -0.189. The van der Waals surface area contributed by atoms with Crippen LogP contribution in [0, 0.1) is 5.41 Å². The maximum atomic E-state index is 14.4. The number of cyclic esters (lactones) is 1. The zero-order valence-corrected chi connectivity index (χ0v) is 48.9. The summed E-state index contributed by atoms with van der Waals surface area (Å²) in [5, 5.41) is 36.5. The summed E-state index contributed by atoms with van der Waals surface area (Å²) in [6.07, 6.45) is 4.29. The molecule has 1 aromatic carbocycles. The molecule has 474 valence electrons. The first-order valence-corrected chi connectivity index (χ1v) is 29.1. The van der Waals surface area contributed by atoms with Crippen LogP contribution in [0.2, 0.25) is 0 Å². The second kappa shape index (κ2) is 31.5. The van der Waals surface area contributed by atoms with Gasteiger partial charge in [0.15, 0.2) is 0 Å². The van der Waals surface area contributed by atoms with E-state index in [1.165, 1.54) is 23.8 Å². The molecule has 0 spiro atoms. The minimum atomic E-state index is -2.09. The maximum absolute atomic E-state index is 14.4. The maximum Gasteiger partial charge on any atom is 0.415 e. The third-order valence-electron chi connectivity index (χ3n) is 15.5. The van der Waals surface area contributed by atoms with E-state index in [-0.39, 0.29) is 103 Å². The number of carbonyl (C=O) groups is 10. The number of likely N-dealkylation sites (tertiary alicyclic amines) is 2. The van der Waals surface area contributed by atoms with Gasteiger partial charge < -0.3 is 84.1 Å². The largest absolute Gasteiger partial charge is 0.480 e. The van der Waals surface area contributed by atoms with E-state index in [4.69, 9.17) is 53.5 Å². The number of carboxylic acid groups (broad SMARTS) is 3. The van der Waals surface area contributed by atoms with Crippen molar-refractivity contribution in [2.24, 2.45) is 5.41 Å². The van der Waals surface area contributed by atoms with Gasteiger partial charge in [0.05, 0.1) is 87.3 Å². The number of hydrogen-bond acceptors (Lipinski definition) is 20. The summed E-state index contributed by atoms with van der Waals surface area (Å²) >= 11 is 0. The standard InChI is InChI=1S/C58H76N8O21/c1-3-38-39-24-37(86-56(80)65-18-10-36(11-19-65)64-16-6-5-7-17-64)8-9-43(39)63-53-40(38)30-66-44(53)25-42-41(54(66)78)31-85-55(79)58(42,4-2)87-52(77)29-62-48(70)15-23-84-35-57(32-81-20-12-45(67)59-26-49(71)72,33-82-21-13-46(68)60-27-50(73)74)34-83-22-14-47(69)61-28-51(75)76/h8-9,24-25,36H,3-7,10-23,26-35H2,1-2H3,(H,59,67)(H,60,68)(H,61,69)(H,62,70)(H,71,72)(H,73,74)(H,75,76)/t58-/m0/s1. The Morgan fingerprint density at radius 3 is 1.69 bits per heavy atom. The Kier molecular flexibility index (Phi) is 24.0. The minimum absolute atomic E-state index is 0.0970. The highest BCUT2D eigenvalue weighted by Gasteiger charge is 2.50. The fraction of sp³-hybridized carbons (Fsp3) is 0.586. The number of pyridine rings is 2. The highest BCUT2D eigenvalue weighted by molar-refractivity contribution is 5.92. The zero-order valence-electron chi connectivity index (χ0n) is 48.9. The van der Waals surface area contributed by atoms with E-state index in [0.717, 1.165) is 42.4 Å². The van der Waals surface area contributed by atoms with Gasteiger partial charge in [-0.15, -0.1) is 0 Å². The number of nitrogens with zero attached hydrogens (tertiary/aromatic N) is 4. The Morgan fingerprint density at radius 1 is 0.678 bits per heavy atom. The number of rotatable bonds is 33. The molecule has 0 saturated carbocycles. The van der Waals surface area contributed by atoms with Gasteiger partial charge in [0.1, 0.15) is 38.5 Å². The molecule has 2 fully saturated rings. The lowest BCUT2D eigenvalue weighted by Gasteiger charge is -2.39. The Hall–Kier alpha value is -8.12. The van der Waals surface area contributed by atoms with Gasteiger partial charge in [-0.05, 0) is 81.4 Å². The lowest BCUT2D eigenvalue weighted by atomic mass is 9.85. The van der Waals surface area contributed by atoms with E-state index < -0.39 is 109 Å². The number of amides is 5. The summed E-state index contributed by atoms with van der Waals surface area (Å²) < 4.78 is 42.2. The summed E-state index contributed by atoms with van der Waals surface area (Å²) in [4.78, 5) is 147. The predicted octanol–water partition coefficient (Wildman–Crippen LogP) is 0.974. The fourth-order valence-corrected chi connectivity index (χ4v) is 11.0. The summed E-state index contributed by atoms with van der Waals surface area (Å²) in [5.74, 6) is -8.00. The van der Waals surface area contributed by atoms with Gasteiger partial charge >= 0.3 is 35.9 Å². The van der Waals surface area contributed by atoms with E-state index in [1.807, 2.05) is 6.92 Å². The van der Waals surface area contributed by atoms with Crippen molar-refractivity contribution < 1.29 is 96.4 Å². The molecule has 7 N–H and O–H groups in total. The topological polar surface area (TPSA) is 385 Å². The average molecular weight is 1220 g/mol. The molecule has 29 heteroatoms. The summed E-state index contributed by atoms with van der Waals surface area (Å²) in [7, 11) is 0. The molecule has 0 bridgehead atoms. The molecule has 3 aromatic rings. The highest BCUT2D eigenvalue weighted by atomic mass is 16.6. The van der Waals surface area contributed by atoms with Gasteiger partial charge in [0, 0.05) is 61.3 Å². The third kappa shape index (κ3) is 18.0. The molecule has 2 saturated heterocycles. The molecule has 7 rings (SSSR count). The number of nitrogens with one attached hydrogen (secondary N) is 4. The van der Waals surface area contributed by atoms with E-state index in [0.29, 0.717) is 48.2 Å². The molecule has 2 aromatic heterocycles. The molecule has 0 radical (unpaired) electrons. The third-order valence-corrected chi connectivity index (χ3v) is 15.5. The van der Waals surface area contributed by atoms with E-state index in [2.05, 4.69) is 26.2 Å². The highest BCUT2D eigenvalue weighted by Crippen LogP contribution is 2.42. The van der Waals surface area contributed by atoms with Crippen LogP contribution < -0.4 is 31.6 Å². The number of piperidine rings is 2. The molecule has 29 nitrogen and oxygen atoms in total. The molecule has 4 aliphatic heterocycles. The van der Waals surface area contributed by atoms with Gasteiger partial charge in [-0.3, -0.25) is 43.2 Å². The minimum Gasteiger partial charge on any atom is -0.480 e. The number of carboxylic acids is 3. The summed E-state index contributed by atoms with van der Waals surface area (Å²) in [6, 6.07) is 7.32. The molecular formula is C58H76N8O21. The average Bonchev–Trinajstić information content (AvgIpc) is 1.69. The van der Waals surface area contributed by atoms with Crippen LogP contribution in [-0.2, 0) is 96.7 Å². The number of hydrogen-bond donors (Lipinski definition) is 7. The smallest absolute Gasteiger partial charge is 0.415 e. The van der Waals surface area contributed by atoms with Crippen LogP contribution in [0.4, 0.5) is 4.79 Å². The second-order valence-corrected chi connectivity index (χ2v) is 21.7. The number of ether oxygens (including phenoxy) is 7. The quantitative estimate of drug-likeness (QED) is 0.0258. The summed E-state index contributed by atoms with van der Waals surface area (Å²) in [5.41, 5.74) is -0.549. The predicted molar refractivity (Wildman–Crippen MR) is 303 cm³/mol. The van der Waals surface area contributed by atoms with Gasteiger partial charge in [-0.1, -0.05) is 20.3 Å². The number of esters is 2. The number of aliphatic carboxylic acids is 3. The van der Waals surface area contributed by atoms with Crippen LogP contribution in [-0.4, -0.2) is 205 Å².